The van der Waals surface area contributed by atoms with E-state index in [1.807, 2.05) is 24.3 Å². The van der Waals surface area contributed by atoms with E-state index in [-0.39, 0.29) is 30.0 Å². The van der Waals surface area contributed by atoms with Gasteiger partial charge < -0.3 is 29.5 Å². The Morgan fingerprint density at radius 3 is 2.48 bits per heavy atom. The Kier molecular flexibility index (Phi) is 14.7. The first-order valence-corrected chi connectivity index (χ1v) is 20.5. The number of ether oxygens (including phenoxy) is 3. The summed E-state index contributed by atoms with van der Waals surface area (Å²) in [6.45, 7) is 12.2. The second-order valence-corrected chi connectivity index (χ2v) is 16.1. The maximum atomic E-state index is 12.1. The molecule has 1 aromatic heterocycles. The molecule has 2 heterocycles. The van der Waals surface area contributed by atoms with E-state index in [9.17, 15) is 18.3 Å². The molecule has 0 unspecified atom stereocenters. The normalized spacial score (nSPS) is 14.6. The van der Waals surface area contributed by atoms with E-state index in [2.05, 4.69) is 47.8 Å². The molecule has 0 spiro atoms. The molecule has 288 valence electrons. The zero-order valence-electron chi connectivity index (χ0n) is 31.3. The molecule has 2 N–H and O–H groups in total. The first kappa shape index (κ1) is 40.9. The number of hydrogen-bond acceptors (Lipinski definition) is 10. The smallest absolute Gasteiger partial charge is 0.177 e. The summed E-state index contributed by atoms with van der Waals surface area (Å²) in [5.74, 6) is 1.81. The van der Waals surface area contributed by atoms with Crippen LogP contribution in [0.25, 0.3) is 11.1 Å². The van der Waals surface area contributed by atoms with Crippen LogP contribution >= 0.6 is 11.6 Å². The minimum absolute atomic E-state index is 0.00396. The molecule has 0 saturated carbocycles. The summed E-state index contributed by atoms with van der Waals surface area (Å²) in [7, 11) is -3.44. The van der Waals surface area contributed by atoms with E-state index in [4.69, 9.17) is 25.8 Å². The minimum Gasteiger partial charge on any atom is -0.493 e. The molecule has 5 rings (SSSR count). The van der Waals surface area contributed by atoms with Crippen LogP contribution in [0.5, 0.6) is 17.2 Å². The highest BCUT2D eigenvalue weighted by atomic mass is 35.5. The number of allylic oxidation sites excluding steroid dienone is 1. The number of carbonyl (C=O) groups is 1. The molecule has 3 aromatic carbocycles. The molecule has 4 aromatic rings. The highest BCUT2D eigenvalue weighted by Gasteiger charge is 2.20. The maximum absolute atomic E-state index is 12.1. The number of sulfone groups is 1. The summed E-state index contributed by atoms with van der Waals surface area (Å²) in [6, 6.07) is 17.4. The average molecular weight is 776 g/mol. The van der Waals surface area contributed by atoms with Crippen molar-refractivity contribution in [2.45, 2.75) is 70.3 Å². The van der Waals surface area contributed by atoms with Crippen molar-refractivity contribution in [2.24, 2.45) is 0 Å². The third kappa shape index (κ3) is 11.4. The largest absolute Gasteiger partial charge is 0.493 e. The molecule has 1 aliphatic rings. The van der Waals surface area contributed by atoms with E-state index in [1.54, 1.807) is 24.4 Å². The van der Waals surface area contributed by atoms with Crippen molar-refractivity contribution >= 4 is 27.2 Å². The van der Waals surface area contributed by atoms with Crippen LogP contribution in [0, 0.1) is 13.8 Å². The Hall–Kier alpha value is -4.26. The van der Waals surface area contributed by atoms with E-state index in [0.717, 1.165) is 77.9 Å². The lowest BCUT2D eigenvalue weighted by molar-refractivity contribution is -0.114. The zero-order valence-corrected chi connectivity index (χ0v) is 32.8. The van der Waals surface area contributed by atoms with Gasteiger partial charge in [-0.25, -0.2) is 8.42 Å². The number of pyridine rings is 1. The van der Waals surface area contributed by atoms with Crippen LogP contribution in [0.1, 0.15) is 53.5 Å². The molecular weight excluding hydrogens is 726 g/mol. The van der Waals surface area contributed by atoms with E-state index >= 15 is 0 Å². The van der Waals surface area contributed by atoms with Crippen LogP contribution in [0.2, 0.25) is 5.02 Å². The molecule has 12 heteroatoms. The Balaban J connectivity index is 1.29. The SMILES string of the molecule is C=CC(=O)CCCNCc1cc(Cl)c(OCc2cccc(-c3cccc(OCCCN4CC[C@@H](O)C4)c3C)c2C)cc1OCc1cncc(S(C)(=O)=O)c1. The van der Waals surface area contributed by atoms with Crippen LogP contribution < -0.4 is 19.5 Å². The van der Waals surface area contributed by atoms with E-state index in [1.165, 1.54) is 12.3 Å². The van der Waals surface area contributed by atoms with Crippen molar-refractivity contribution in [3.05, 3.63) is 112 Å². The monoisotopic (exact) mass is 775 g/mol. The number of aliphatic hydroxyl groups is 1. The number of aliphatic hydroxyl groups excluding tert-OH is 1. The van der Waals surface area contributed by atoms with Crippen molar-refractivity contribution in [3.63, 3.8) is 0 Å². The summed E-state index contributed by atoms with van der Waals surface area (Å²) in [6.07, 6.45) is 7.92. The Morgan fingerprint density at radius 1 is 0.981 bits per heavy atom. The van der Waals surface area contributed by atoms with Crippen molar-refractivity contribution in [1.82, 2.24) is 15.2 Å². The topological polar surface area (TPSA) is 127 Å². The van der Waals surface area contributed by atoms with E-state index in [0.29, 0.717) is 54.6 Å². The summed E-state index contributed by atoms with van der Waals surface area (Å²) in [5.41, 5.74) is 6.68. The maximum Gasteiger partial charge on any atom is 0.177 e. The van der Waals surface area contributed by atoms with Crippen LogP contribution in [0.4, 0.5) is 0 Å². The number of halogens is 1. The number of nitrogens with zero attached hydrogens (tertiary/aromatic N) is 2. The Bertz CT molecular complexity index is 2040. The fourth-order valence-corrected chi connectivity index (χ4v) is 7.27. The molecule has 1 saturated heterocycles. The van der Waals surface area contributed by atoms with E-state index < -0.39 is 9.84 Å². The summed E-state index contributed by atoms with van der Waals surface area (Å²) >= 11 is 6.79. The number of nitrogens with one attached hydrogen (secondary N) is 1. The molecule has 0 bridgehead atoms. The number of likely N-dealkylation sites (tertiary alicyclic amines) is 1. The van der Waals surface area contributed by atoms with Gasteiger partial charge in [0.05, 0.1) is 22.6 Å². The third-order valence-corrected chi connectivity index (χ3v) is 10.9. The van der Waals surface area contributed by atoms with Crippen LogP contribution in [-0.2, 0) is 34.4 Å². The lowest BCUT2D eigenvalue weighted by Gasteiger charge is -2.19. The molecule has 0 amide bonds. The second-order valence-electron chi connectivity index (χ2n) is 13.7. The van der Waals surface area contributed by atoms with Crippen molar-refractivity contribution in [1.29, 1.82) is 0 Å². The molecule has 1 atom stereocenters. The molecular formula is C42H50ClN3O7S. The molecule has 10 nitrogen and oxygen atoms in total. The van der Waals surface area contributed by atoms with Crippen molar-refractivity contribution in [2.75, 3.05) is 39.0 Å². The number of ketones is 1. The van der Waals surface area contributed by atoms with Gasteiger partial charge in [0, 0.05) is 68.4 Å². The van der Waals surface area contributed by atoms with Crippen LogP contribution in [0.15, 0.2) is 84.5 Å². The molecule has 0 aliphatic carbocycles. The first-order chi connectivity index (χ1) is 25.9. The Morgan fingerprint density at radius 2 is 1.74 bits per heavy atom. The van der Waals surface area contributed by atoms with Gasteiger partial charge in [-0.05, 0) is 91.7 Å². The zero-order chi connectivity index (χ0) is 38.7. The van der Waals surface area contributed by atoms with Gasteiger partial charge in [-0.15, -0.1) is 0 Å². The fourth-order valence-electron chi connectivity index (χ4n) is 6.41. The van der Waals surface area contributed by atoms with Crippen molar-refractivity contribution in [3.8, 4) is 28.4 Å². The number of carbonyl (C=O) groups excluding carboxylic acids is 1. The molecule has 1 fully saturated rings. The quantitative estimate of drug-likeness (QED) is 0.0713. The van der Waals surface area contributed by atoms with Gasteiger partial charge in [-0.1, -0.05) is 48.5 Å². The number of benzene rings is 3. The summed E-state index contributed by atoms with van der Waals surface area (Å²) in [5, 5.41) is 13.6. The Labute approximate surface area is 324 Å². The van der Waals surface area contributed by atoms with Crippen molar-refractivity contribution < 1.29 is 32.5 Å². The number of β-amino-alcohol motifs (C(OH)–C–C–N with tert-alkyl or cyclic N) is 1. The third-order valence-electron chi connectivity index (χ3n) is 9.55. The van der Waals surface area contributed by atoms with Gasteiger partial charge in [0.25, 0.3) is 0 Å². The lowest BCUT2D eigenvalue weighted by atomic mass is 9.93. The first-order valence-electron chi connectivity index (χ1n) is 18.2. The van der Waals surface area contributed by atoms with Gasteiger partial charge in [0.1, 0.15) is 30.5 Å². The number of aromatic nitrogens is 1. The predicted molar refractivity (Wildman–Crippen MR) is 212 cm³/mol. The fraction of sp³-hybridized carbons (Fsp3) is 0.381. The van der Waals surface area contributed by atoms with Gasteiger partial charge in [-0.3, -0.25) is 9.78 Å². The summed E-state index contributed by atoms with van der Waals surface area (Å²) < 4.78 is 43.0. The second kappa shape index (κ2) is 19.4. The van der Waals surface area contributed by atoms with Gasteiger partial charge in [-0.2, -0.15) is 0 Å². The average Bonchev–Trinajstić information content (AvgIpc) is 3.57. The minimum atomic E-state index is -3.44. The van der Waals surface area contributed by atoms with Gasteiger partial charge >= 0.3 is 0 Å². The molecule has 54 heavy (non-hydrogen) atoms. The number of rotatable bonds is 20. The highest BCUT2D eigenvalue weighted by Crippen LogP contribution is 2.36. The van der Waals surface area contributed by atoms with Gasteiger partial charge in [0.2, 0.25) is 0 Å². The predicted octanol–water partition coefficient (Wildman–Crippen LogP) is 7.04. The molecule has 1 aliphatic heterocycles. The summed E-state index contributed by atoms with van der Waals surface area (Å²) in [4.78, 5) is 18.1. The number of hydrogen-bond donors (Lipinski definition) is 2. The van der Waals surface area contributed by atoms with Gasteiger partial charge in [0.15, 0.2) is 15.6 Å². The highest BCUT2D eigenvalue weighted by molar-refractivity contribution is 7.90. The lowest BCUT2D eigenvalue weighted by Crippen LogP contribution is -2.24. The molecule has 0 radical (unpaired) electrons. The standard InChI is InChI=1S/C42H50ClN3O7S/c1-5-34(47)11-8-16-44-24-33-21-39(43)42(22-41(33)52-27-31-20-36(25-45-23-31)54(4,49)50)53-28-32-10-6-12-37(29(32)2)38-13-7-14-40(30(38)3)51-19-9-17-46-18-15-35(48)26-46/h5-7,10,12-14,20-23,25,35,44,48H,1,8-9,11,15-19,24,26-28H2,2-4H3/t35-/m1/s1. The van der Waals surface area contributed by atoms with Crippen LogP contribution in [0.3, 0.4) is 0 Å². The van der Waals surface area contributed by atoms with Crippen LogP contribution in [-0.4, -0.2) is 74.3 Å².